The number of nitrogens with two attached hydrogens (primary N) is 1. The molecule has 0 fully saturated rings. The van der Waals surface area contributed by atoms with E-state index >= 15 is 0 Å². The largest absolute Gasteiger partial charge is 0.376 e. The van der Waals surface area contributed by atoms with Gasteiger partial charge in [0.2, 0.25) is 0 Å². The van der Waals surface area contributed by atoms with E-state index in [2.05, 4.69) is 11.9 Å². The van der Waals surface area contributed by atoms with Crippen molar-refractivity contribution in [2.24, 2.45) is 5.73 Å². The molecule has 4 nitrogen and oxygen atoms in total. The monoisotopic (exact) mass is 252 g/mol. The van der Waals surface area contributed by atoms with Gasteiger partial charge in [-0.1, -0.05) is 13.0 Å². The Balaban J connectivity index is 2.52. The average molecular weight is 252 g/mol. The Bertz CT molecular complexity index is 317. The van der Waals surface area contributed by atoms with Crippen LogP contribution in [-0.4, -0.2) is 30.3 Å². The molecule has 102 valence electrons. The van der Waals surface area contributed by atoms with Crippen LogP contribution < -0.4 is 5.73 Å². The molecule has 0 radical (unpaired) electrons. The van der Waals surface area contributed by atoms with Crippen LogP contribution in [0.3, 0.4) is 0 Å². The molecule has 4 heteroatoms. The highest BCUT2D eigenvalue weighted by Crippen LogP contribution is 2.19. The Morgan fingerprint density at radius 3 is 2.50 bits per heavy atom. The summed E-state index contributed by atoms with van der Waals surface area (Å²) in [5, 5.41) is 0. The first kappa shape index (κ1) is 15.1. The smallest absolute Gasteiger partial charge is 0.115 e. The third-order valence-electron chi connectivity index (χ3n) is 2.67. The number of hydrogen-bond donors (Lipinski definition) is 1. The van der Waals surface area contributed by atoms with Crippen LogP contribution in [0, 0.1) is 0 Å². The maximum Gasteiger partial charge on any atom is 0.115 e. The second-order valence-electron chi connectivity index (χ2n) is 4.54. The molecule has 1 aromatic rings. The van der Waals surface area contributed by atoms with Gasteiger partial charge in [-0.05, 0) is 32.4 Å². The van der Waals surface area contributed by atoms with Crippen LogP contribution >= 0.6 is 0 Å². The molecule has 0 aliphatic carbocycles. The molecule has 1 heterocycles. The Labute approximate surface area is 110 Å². The molecule has 0 amide bonds. The summed E-state index contributed by atoms with van der Waals surface area (Å²) in [6.07, 6.45) is 2.68. The Morgan fingerprint density at radius 2 is 1.94 bits per heavy atom. The number of nitrogens with zero attached hydrogens (tertiary/aromatic N) is 1. The van der Waals surface area contributed by atoms with Gasteiger partial charge < -0.3 is 15.2 Å². The van der Waals surface area contributed by atoms with Crippen molar-refractivity contribution in [3.63, 3.8) is 0 Å². The van der Waals surface area contributed by atoms with Gasteiger partial charge in [0.05, 0.1) is 25.0 Å². The standard InChI is InChI=1S/C14H24N2O2/c1-4-12(15)14(13-7-5-6-8-16-13)18-10-9-17-11(2)3/h5-8,11-12,14H,4,9-10,15H2,1-3H3. The summed E-state index contributed by atoms with van der Waals surface area (Å²) in [6, 6.07) is 5.74. The highest BCUT2D eigenvalue weighted by molar-refractivity contribution is 5.09. The van der Waals surface area contributed by atoms with Gasteiger partial charge in [0, 0.05) is 12.2 Å². The summed E-state index contributed by atoms with van der Waals surface area (Å²) >= 11 is 0. The van der Waals surface area contributed by atoms with Crippen molar-refractivity contribution in [3.8, 4) is 0 Å². The summed E-state index contributed by atoms with van der Waals surface area (Å²) in [5.74, 6) is 0. The number of ether oxygens (including phenoxy) is 2. The number of pyridine rings is 1. The third-order valence-corrected chi connectivity index (χ3v) is 2.67. The minimum absolute atomic E-state index is 0.0426. The van der Waals surface area contributed by atoms with Crippen molar-refractivity contribution in [1.82, 2.24) is 4.98 Å². The Morgan fingerprint density at radius 1 is 1.22 bits per heavy atom. The van der Waals surface area contributed by atoms with Crippen LogP contribution in [-0.2, 0) is 9.47 Å². The molecular formula is C14H24N2O2. The van der Waals surface area contributed by atoms with Crippen molar-refractivity contribution in [2.75, 3.05) is 13.2 Å². The lowest BCUT2D eigenvalue weighted by molar-refractivity contribution is -0.0239. The Hall–Kier alpha value is -0.970. The van der Waals surface area contributed by atoms with Crippen LogP contribution in [0.1, 0.15) is 39.0 Å². The first-order valence-corrected chi connectivity index (χ1v) is 6.54. The zero-order valence-electron chi connectivity index (χ0n) is 11.5. The molecule has 0 aliphatic heterocycles. The summed E-state index contributed by atoms with van der Waals surface area (Å²) in [5.41, 5.74) is 6.97. The van der Waals surface area contributed by atoms with Gasteiger partial charge in [0.25, 0.3) is 0 Å². The molecule has 2 N–H and O–H groups in total. The molecule has 0 spiro atoms. The van der Waals surface area contributed by atoms with E-state index in [-0.39, 0.29) is 18.2 Å². The second-order valence-corrected chi connectivity index (χ2v) is 4.54. The fraction of sp³-hybridized carbons (Fsp3) is 0.643. The van der Waals surface area contributed by atoms with Crippen LogP contribution in [0.25, 0.3) is 0 Å². The molecule has 1 rings (SSSR count). The molecule has 0 saturated heterocycles. The minimum atomic E-state index is -0.160. The SMILES string of the molecule is CCC(N)C(OCCOC(C)C)c1ccccn1. The van der Waals surface area contributed by atoms with Crippen molar-refractivity contribution in [1.29, 1.82) is 0 Å². The topological polar surface area (TPSA) is 57.4 Å². The summed E-state index contributed by atoms with van der Waals surface area (Å²) in [4.78, 5) is 4.32. The van der Waals surface area contributed by atoms with Crippen molar-refractivity contribution < 1.29 is 9.47 Å². The van der Waals surface area contributed by atoms with Crippen LogP contribution in [0.4, 0.5) is 0 Å². The van der Waals surface area contributed by atoms with Gasteiger partial charge in [-0.15, -0.1) is 0 Å². The average Bonchev–Trinajstić information content (AvgIpc) is 2.38. The molecular weight excluding hydrogens is 228 g/mol. The molecule has 0 bridgehead atoms. The molecule has 0 saturated carbocycles. The first-order chi connectivity index (χ1) is 8.65. The quantitative estimate of drug-likeness (QED) is 0.721. The van der Waals surface area contributed by atoms with E-state index in [9.17, 15) is 0 Å². The summed E-state index contributed by atoms with van der Waals surface area (Å²) in [6.45, 7) is 7.18. The molecule has 2 unspecified atom stereocenters. The maximum atomic E-state index is 6.09. The zero-order valence-corrected chi connectivity index (χ0v) is 11.5. The first-order valence-electron chi connectivity index (χ1n) is 6.54. The van der Waals surface area contributed by atoms with Gasteiger partial charge in [-0.25, -0.2) is 0 Å². The molecule has 0 aromatic carbocycles. The number of hydrogen-bond acceptors (Lipinski definition) is 4. The van der Waals surface area contributed by atoms with E-state index in [1.807, 2.05) is 32.0 Å². The van der Waals surface area contributed by atoms with Gasteiger partial charge in [-0.3, -0.25) is 4.98 Å². The molecule has 2 atom stereocenters. The molecule has 0 aliphatic rings. The van der Waals surface area contributed by atoms with Gasteiger partial charge >= 0.3 is 0 Å². The number of aromatic nitrogens is 1. The van der Waals surface area contributed by atoms with Crippen molar-refractivity contribution in [2.45, 2.75) is 45.4 Å². The highest BCUT2D eigenvalue weighted by Gasteiger charge is 2.20. The highest BCUT2D eigenvalue weighted by atomic mass is 16.5. The van der Waals surface area contributed by atoms with Gasteiger partial charge in [0.1, 0.15) is 6.10 Å². The normalized spacial score (nSPS) is 14.7. The van der Waals surface area contributed by atoms with Crippen LogP contribution in [0.15, 0.2) is 24.4 Å². The van der Waals surface area contributed by atoms with E-state index in [1.54, 1.807) is 6.20 Å². The van der Waals surface area contributed by atoms with Crippen molar-refractivity contribution >= 4 is 0 Å². The predicted molar refractivity (Wildman–Crippen MR) is 72.3 cm³/mol. The molecule has 1 aromatic heterocycles. The lowest BCUT2D eigenvalue weighted by Crippen LogP contribution is -2.31. The predicted octanol–water partition coefficient (Wildman–Crippen LogP) is 2.30. The Kier molecular flexibility index (Phi) is 6.86. The minimum Gasteiger partial charge on any atom is -0.376 e. The van der Waals surface area contributed by atoms with Gasteiger partial charge in [0.15, 0.2) is 0 Å². The van der Waals surface area contributed by atoms with E-state index in [1.165, 1.54) is 0 Å². The van der Waals surface area contributed by atoms with Gasteiger partial charge in [-0.2, -0.15) is 0 Å². The van der Waals surface area contributed by atoms with Crippen LogP contribution in [0.2, 0.25) is 0 Å². The maximum absolute atomic E-state index is 6.09. The lowest BCUT2D eigenvalue weighted by atomic mass is 10.1. The van der Waals surface area contributed by atoms with Crippen LogP contribution in [0.5, 0.6) is 0 Å². The zero-order chi connectivity index (χ0) is 13.4. The van der Waals surface area contributed by atoms with E-state index in [0.29, 0.717) is 13.2 Å². The fourth-order valence-electron chi connectivity index (χ4n) is 1.65. The summed E-state index contributed by atoms with van der Waals surface area (Å²) in [7, 11) is 0. The van der Waals surface area contributed by atoms with E-state index < -0.39 is 0 Å². The summed E-state index contributed by atoms with van der Waals surface area (Å²) < 4.78 is 11.3. The molecule has 18 heavy (non-hydrogen) atoms. The second kappa shape index (κ2) is 8.19. The van der Waals surface area contributed by atoms with E-state index in [0.717, 1.165) is 12.1 Å². The third kappa shape index (κ3) is 5.12. The lowest BCUT2D eigenvalue weighted by Gasteiger charge is -2.23. The number of rotatable bonds is 8. The van der Waals surface area contributed by atoms with E-state index in [4.69, 9.17) is 15.2 Å². The van der Waals surface area contributed by atoms with Crippen molar-refractivity contribution in [3.05, 3.63) is 30.1 Å². The fourth-order valence-corrected chi connectivity index (χ4v) is 1.65.